The second-order valence-electron chi connectivity index (χ2n) is 5.32. The summed E-state index contributed by atoms with van der Waals surface area (Å²) >= 11 is 0. The summed E-state index contributed by atoms with van der Waals surface area (Å²) in [4.78, 5) is 23.2. The summed E-state index contributed by atoms with van der Waals surface area (Å²) in [5, 5.41) is 12.0. The van der Waals surface area contributed by atoms with Crippen molar-refractivity contribution in [1.82, 2.24) is 5.32 Å². The number of nitrogens with one attached hydrogen (secondary N) is 1. The number of hydrogen-bond acceptors (Lipinski definition) is 3. The molecule has 0 aliphatic carbocycles. The van der Waals surface area contributed by atoms with Crippen LogP contribution < -0.4 is 5.32 Å². The lowest BCUT2D eigenvalue weighted by Gasteiger charge is -2.24. The van der Waals surface area contributed by atoms with Gasteiger partial charge in [0.1, 0.15) is 0 Å². The number of rotatable bonds is 4. The van der Waals surface area contributed by atoms with E-state index in [0.29, 0.717) is 12.5 Å². The number of carbonyl (C=O) groups excluding carboxylic acids is 1. The molecule has 0 saturated carbocycles. The van der Waals surface area contributed by atoms with E-state index in [2.05, 4.69) is 5.32 Å². The van der Waals surface area contributed by atoms with Crippen molar-refractivity contribution in [3.05, 3.63) is 0 Å². The molecule has 2 bridgehead atoms. The monoisotopic (exact) mass is 241 g/mol. The van der Waals surface area contributed by atoms with Gasteiger partial charge in [0, 0.05) is 6.54 Å². The van der Waals surface area contributed by atoms with Crippen molar-refractivity contribution in [2.75, 3.05) is 6.54 Å². The molecule has 0 aromatic heterocycles. The molecule has 2 N–H and O–H groups in total. The first-order valence-corrected chi connectivity index (χ1v) is 6.16. The molecule has 0 radical (unpaired) electrons. The lowest BCUT2D eigenvalue weighted by Crippen LogP contribution is -2.44. The summed E-state index contributed by atoms with van der Waals surface area (Å²) in [6.07, 6.45) is 1.09. The first kappa shape index (κ1) is 12.4. The average Bonchev–Trinajstić information content (AvgIpc) is 2.84. The Labute approximate surface area is 101 Å². The Bertz CT molecular complexity index is 328. The Balaban J connectivity index is 2.03. The highest BCUT2D eigenvalue weighted by Crippen LogP contribution is 2.43. The van der Waals surface area contributed by atoms with Gasteiger partial charge in [0.25, 0.3) is 0 Å². The largest absolute Gasteiger partial charge is 0.481 e. The van der Waals surface area contributed by atoms with E-state index in [1.807, 2.05) is 13.8 Å². The lowest BCUT2D eigenvalue weighted by atomic mass is 9.78. The van der Waals surface area contributed by atoms with Crippen molar-refractivity contribution >= 4 is 11.9 Å². The summed E-state index contributed by atoms with van der Waals surface area (Å²) in [6.45, 7) is 4.59. The van der Waals surface area contributed by atoms with E-state index in [-0.39, 0.29) is 18.1 Å². The Morgan fingerprint density at radius 1 is 1.29 bits per heavy atom. The summed E-state index contributed by atoms with van der Waals surface area (Å²) < 4.78 is 5.55. The second kappa shape index (κ2) is 4.64. The van der Waals surface area contributed by atoms with E-state index >= 15 is 0 Å². The molecular formula is C12H19NO4. The summed E-state index contributed by atoms with van der Waals surface area (Å²) in [5.41, 5.74) is 0. The molecule has 0 aromatic rings. The van der Waals surface area contributed by atoms with Gasteiger partial charge in [-0.1, -0.05) is 13.8 Å². The van der Waals surface area contributed by atoms with Gasteiger partial charge in [-0.2, -0.15) is 0 Å². The van der Waals surface area contributed by atoms with Crippen LogP contribution in [0, 0.1) is 17.8 Å². The second-order valence-corrected chi connectivity index (χ2v) is 5.32. The number of amides is 1. The maximum absolute atomic E-state index is 12.0. The molecule has 5 nitrogen and oxygen atoms in total. The van der Waals surface area contributed by atoms with Crippen molar-refractivity contribution in [2.24, 2.45) is 17.8 Å². The molecular weight excluding hydrogens is 222 g/mol. The highest BCUT2D eigenvalue weighted by molar-refractivity contribution is 5.86. The van der Waals surface area contributed by atoms with E-state index in [9.17, 15) is 14.7 Å². The van der Waals surface area contributed by atoms with Crippen molar-refractivity contribution < 1.29 is 19.4 Å². The first-order valence-electron chi connectivity index (χ1n) is 6.16. The van der Waals surface area contributed by atoms with Gasteiger partial charge in [0.05, 0.1) is 24.0 Å². The van der Waals surface area contributed by atoms with Crippen LogP contribution in [0.25, 0.3) is 0 Å². The number of hydrogen-bond donors (Lipinski definition) is 2. The maximum atomic E-state index is 12.0. The van der Waals surface area contributed by atoms with Crippen LogP contribution in [0.15, 0.2) is 0 Å². The SMILES string of the molecule is CC(C)CNC(=O)[C@H]1[C@@H](C(=O)O)[C@H]2CC[C@H]1O2. The number of aliphatic carboxylic acids is 1. The topological polar surface area (TPSA) is 75.6 Å². The zero-order chi connectivity index (χ0) is 12.6. The van der Waals surface area contributed by atoms with Crippen LogP contribution in [0.1, 0.15) is 26.7 Å². The predicted octanol–water partition coefficient (Wildman–Crippen LogP) is 0.637. The normalized spacial score (nSPS) is 35.2. The fourth-order valence-electron chi connectivity index (χ4n) is 2.75. The summed E-state index contributed by atoms with van der Waals surface area (Å²) in [6, 6.07) is 0. The van der Waals surface area contributed by atoms with E-state index in [0.717, 1.165) is 12.8 Å². The number of fused-ring (bicyclic) bond motifs is 2. The van der Waals surface area contributed by atoms with Crippen molar-refractivity contribution in [3.63, 3.8) is 0 Å². The predicted molar refractivity (Wildman–Crippen MR) is 60.4 cm³/mol. The summed E-state index contributed by atoms with van der Waals surface area (Å²) in [5.74, 6) is -1.90. The fourth-order valence-corrected chi connectivity index (χ4v) is 2.75. The lowest BCUT2D eigenvalue weighted by molar-refractivity contribution is -0.147. The Morgan fingerprint density at radius 2 is 1.88 bits per heavy atom. The molecule has 2 saturated heterocycles. The number of carboxylic acid groups (broad SMARTS) is 1. The van der Waals surface area contributed by atoms with Crippen LogP contribution in [-0.2, 0) is 14.3 Å². The molecule has 4 atom stereocenters. The standard InChI is InChI=1S/C12H19NO4/c1-6(2)5-13-11(14)9-7-3-4-8(17-7)10(9)12(15)16/h6-10H,3-5H2,1-2H3,(H,13,14)(H,15,16)/t7-,8-,9-,10+/m1/s1. The van der Waals surface area contributed by atoms with Gasteiger partial charge in [-0.05, 0) is 18.8 Å². The highest BCUT2D eigenvalue weighted by Gasteiger charge is 2.55. The highest BCUT2D eigenvalue weighted by atomic mass is 16.5. The van der Waals surface area contributed by atoms with Crippen molar-refractivity contribution in [3.8, 4) is 0 Å². The molecule has 5 heteroatoms. The molecule has 2 aliphatic rings. The minimum Gasteiger partial charge on any atom is -0.481 e. The zero-order valence-electron chi connectivity index (χ0n) is 10.2. The van der Waals surface area contributed by atoms with Crippen LogP contribution in [0.2, 0.25) is 0 Å². The molecule has 96 valence electrons. The van der Waals surface area contributed by atoms with E-state index in [1.54, 1.807) is 0 Å². The molecule has 0 aromatic carbocycles. The van der Waals surface area contributed by atoms with Gasteiger partial charge in [0.2, 0.25) is 5.91 Å². The molecule has 0 spiro atoms. The summed E-state index contributed by atoms with van der Waals surface area (Å²) in [7, 11) is 0. The molecule has 2 fully saturated rings. The third-order valence-corrected chi connectivity index (χ3v) is 3.55. The van der Waals surface area contributed by atoms with Crippen LogP contribution in [0.5, 0.6) is 0 Å². The quantitative estimate of drug-likeness (QED) is 0.757. The number of carbonyl (C=O) groups is 2. The van der Waals surface area contributed by atoms with Gasteiger partial charge in [-0.15, -0.1) is 0 Å². The smallest absolute Gasteiger partial charge is 0.310 e. The van der Waals surface area contributed by atoms with Gasteiger partial charge >= 0.3 is 5.97 Å². The zero-order valence-corrected chi connectivity index (χ0v) is 10.2. The molecule has 1 amide bonds. The molecule has 2 heterocycles. The van der Waals surface area contributed by atoms with Gasteiger partial charge in [-0.25, -0.2) is 0 Å². The van der Waals surface area contributed by atoms with Crippen LogP contribution in [0.4, 0.5) is 0 Å². The third-order valence-electron chi connectivity index (χ3n) is 3.55. The van der Waals surface area contributed by atoms with Crippen molar-refractivity contribution in [2.45, 2.75) is 38.9 Å². The maximum Gasteiger partial charge on any atom is 0.310 e. The Kier molecular flexibility index (Phi) is 3.38. The molecule has 2 rings (SSSR count). The minimum absolute atomic E-state index is 0.168. The van der Waals surface area contributed by atoms with Gasteiger partial charge < -0.3 is 15.2 Å². The van der Waals surface area contributed by atoms with E-state index < -0.39 is 17.8 Å². The molecule has 2 aliphatic heterocycles. The minimum atomic E-state index is -0.915. The number of carboxylic acids is 1. The van der Waals surface area contributed by atoms with Gasteiger partial charge in [-0.3, -0.25) is 9.59 Å². The van der Waals surface area contributed by atoms with Crippen molar-refractivity contribution in [1.29, 1.82) is 0 Å². The Morgan fingerprint density at radius 3 is 2.41 bits per heavy atom. The first-order chi connectivity index (χ1) is 8.00. The fraction of sp³-hybridized carbons (Fsp3) is 0.833. The van der Waals surface area contributed by atoms with Crippen LogP contribution in [-0.4, -0.2) is 35.7 Å². The molecule has 17 heavy (non-hydrogen) atoms. The third kappa shape index (κ3) is 2.29. The van der Waals surface area contributed by atoms with E-state index in [4.69, 9.17) is 4.74 Å². The molecule has 0 unspecified atom stereocenters. The van der Waals surface area contributed by atoms with Crippen LogP contribution >= 0.6 is 0 Å². The number of ether oxygens (including phenoxy) is 1. The Hall–Kier alpha value is -1.10. The van der Waals surface area contributed by atoms with Gasteiger partial charge in [0.15, 0.2) is 0 Å². The van der Waals surface area contributed by atoms with Crippen LogP contribution in [0.3, 0.4) is 0 Å². The average molecular weight is 241 g/mol. The van der Waals surface area contributed by atoms with E-state index in [1.165, 1.54) is 0 Å².